The highest BCUT2D eigenvalue weighted by Crippen LogP contribution is 2.31. The molecule has 6 heteroatoms. The molecular weight excluding hydrogens is 326 g/mol. The van der Waals surface area contributed by atoms with Crippen LogP contribution in [0.3, 0.4) is 0 Å². The predicted molar refractivity (Wildman–Crippen MR) is 108 cm³/mol. The summed E-state index contributed by atoms with van der Waals surface area (Å²) in [5, 5.41) is 3.13. The number of nitrogens with one attached hydrogen (secondary N) is 1. The van der Waals surface area contributed by atoms with Gasteiger partial charge in [0.2, 0.25) is 0 Å². The minimum absolute atomic E-state index is 0.148. The fraction of sp³-hybridized carbons (Fsp3) is 0.550. The lowest BCUT2D eigenvalue weighted by atomic mass is 10.1. The molecule has 0 amide bonds. The Morgan fingerprint density at radius 1 is 1.08 bits per heavy atom. The van der Waals surface area contributed by atoms with E-state index in [1.807, 2.05) is 39.0 Å². The van der Waals surface area contributed by atoms with Crippen molar-refractivity contribution in [3.8, 4) is 17.1 Å². The monoisotopic (exact) mass is 357 g/mol. The first kappa shape index (κ1) is 19.9. The van der Waals surface area contributed by atoms with Crippen molar-refractivity contribution >= 4 is 11.6 Å². The molecule has 2 rings (SSSR count). The quantitative estimate of drug-likeness (QED) is 0.768. The number of anilines is 2. The Kier molecular flexibility index (Phi) is 6.77. The first-order valence-corrected chi connectivity index (χ1v) is 9.35. The van der Waals surface area contributed by atoms with E-state index >= 15 is 0 Å². The van der Waals surface area contributed by atoms with Crippen LogP contribution < -0.4 is 15.0 Å². The van der Waals surface area contributed by atoms with Crippen LogP contribution in [0, 0.1) is 6.92 Å². The summed E-state index contributed by atoms with van der Waals surface area (Å²) in [5.74, 6) is 2.18. The predicted octanol–water partition coefficient (Wildman–Crippen LogP) is 4.08. The molecule has 0 aliphatic rings. The van der Waals surface area contributed by atoms with Crippen molar-refractivity contribution in [1.29, 1.82) is 0 Å². The summed E-state index contributed by atoms with van der Waals surface area (Å²) < 4.78 is 6.09. The molecule has 0 aliphatic carbocycles. The zero-order valence-corrected chi connectivity index (χ0v) is 17.1. The summed E-state index contributed by atoms with van der Waals surface area (Å²) in [7, 11) is 5.82. The van der Waals surface area contributed by atoms with Crippen LogP contribution in [0.1, 0.15) is 45.0 Å². The van der Waals surface area contributed by atoms with Crippen molar-refractivity contribution in [2.45, 2.75) is 53.1 Å². The Morgan fingerprint density at radius 2 is 1.77 bits per heavy atom. The molecule has 0 aliphatic heterocycles. The molecule has 142 valence electrons. The zero-order chi connectivity index (χ0) is 19.3. The van der Waals surface area contributed by atoms with E-state index in [1.54, 1.807) is 0 Å². The SMILES string of the molecule is CCc1nc(OC(CC)CC)c(NC)nc1-c1ccc(N(C)C)nc1C. The van der Waals surface area contributed by atoms with Crippen molar-refractivity contribution in [3.63, 3.8) is 0 Å². The number of aryl methyl sites for hydroxylation is 2. The summed E-state index contributed by atoms with van der Waals surface area (Å²) in [6, 6.07) is 4.08. The summed E-state index contributed by atoms with van der Waals surface area (Å²) in [6.07, 6.45) is 2.81. The van der Waals surface area contributed by atoms with E-state index in [1.165, 1.54) is 0 Å². The van der Waals surface area contributed by atoms with E-state index in [4.69, 9.17) is 14.7 Å². The first-order chi connectivity index (χ1) is 12.4. The Hall–Kier alpha value is -2.37. The molecule has 1 N–H and O–H groups in total. The number of pyridine rings is 1. The molecule has 0 bridgehead atoms. The lowest BCUT2D eigenvalue weighted by molar-refractivity contribution is 0.185. The van der Waals surface area contributed by atoms with Crippen molar-refractivity contribution in [1.82, 2.24) is 15.0 Å². The third-order valence-corrected chi connectivity index (χ3v) is 4.48. The van der Waals surface area contributed by atoms with Crippen LogP contribution in [-0.4, -0.2) is 42.2 Å². The van der Waals surface area contributed by atoms with Gasteiger partial charge in [0.1, 0.15) is 11.9 Å². The second kappa shape index (κ2) is 8.83. The second-order valence-corrected chi connectivity index (χ2v) is 6.53. The minimum atomic E-state index is 0.148. The molecular formula is C20H31N5O. The highest BCUT2D eigenvalue weighted by atomic mass is 16.5. The number of hydrogen-bond donors (Lipinski definition) is 1. The van der Waals surface area contributed by atoms with Crippen molar-refractivity contribution in [2.24, 2.45) is 0 Å². The third-order valence-electron chi connectivity index (χ3n) is 4.48. The molecule has 0 aromatic carbocycles. The number of hydrogen-bond acceptors (Lipinski definition) is 6. The van der Waals surface area contributed by atoms with Gasteiger partial charge in [-0.05, 0) is 38.3 Å². The van der Waals surface area contributed by atoms with E-state index in [2.05, 4.69) is 37.1 Å². The first-order valence-electron chi connectivity index (χ1n) is 9.35. The van der Waals surface area contributed by atoms with E-state index in [0.717, 1.165) is 47.7 Å². The van der Waals surface area contributed by atoms with E-state index in [-0.39, 0.29) is 6.10 Å². The molecule has 2 heterocycles. The maximum absolute atomic E-state index is 6.09. The molecule has 0 unspecified atom stereocenters. The van der Waals surface area contributed by atoms with Crippen molar-refractivity contribution in [2.75, 3.05) is 31.4 Å². The molecule has 2 aromatic rings. The summed E-state index contributed by atoms with van der Waals surface area (Å²) in [5.41, 5.74) is 3.73. The molecule has 0 saturated carbocycles. The molecule has 0 atom stereocenters. The fourth-order valence-electron chi connectivity index (χ4n) is 2.82. The van der Waals surface area contributed by atoms with Crippen LogP contribution in [0.5, 0.6) is 5.88 Å². The Morgan fingerprint density at radius 3 is 2.27 bits per heavy atom. The van der Waals surface area contributed by atoms with Gasteiger partial charge in [0.05, 0.1) is 11.4 Å². The van der Waals surface area contributed by atoms with E-state index in [0.29, 0.717) is 11.7 Å². The van der Waals surface area contributed by atoms with Gasteiger partial charge >= 0.3 is 0 Å². The smallest absolute Gasteiger partial charge is 0.257 e. The normalized spacial score (nSPS) is 10.9. The van der Waals surface area contributed by atoms with Crippen LogP contribution >= 0.6 is 0 Å². The van der Waals surface area contributed by atoms with Crippen LogP contribution in [-0.2, 0) is 6.42 Å². The van der Waals surface area contributed by atoms with Crippen LogP contribution in [0.15, 0.2) is 12.1 Å². The zero-order valence-electron chi connectivity index (χ0n) is 17.1. The van der Waals surface area contributed by atoms with Gasteiger partial charge in [-0.2, -0.15) is 0 Å². The van der Waals surface area contributed by atoms with Crippen LogP contribution in [0.2, 0.25) is 0 Å². The summed E-state index contributed by atoms with van der Waals surface area (Å²) in [6.45, 7) is 8.34. The number of rotatable bonds is 8. The summed E-state index contributed by atoms with van der Waals surface area (Å²) >= 11 is 0. The molecule has 0 radical (unpaired) electrons. The Balaban J connectivity index is 2.52. The Bertz CT molecular complexity index is 741. The third kappa shape index (κ3) is 4.23. The largest absolute Gasteiger partial charge is 0.472 e. The molecule has 2 aromatic heterocycles. The van der Waals surface area contributed by atoms with Gasteiger partial charge in [0.25, 0.3) is 5.88 Å². The molecule has 0 fully saturated rings. The average Bonchev–Trinajstić information content (AvgIpc) is 2.65. The van der Waals surface area contributed by atoms with Crippen molar-refractivity contribution < 1.29 is 4.74 Å². The van der Waals surface area contributed by atoms with Gasteiger partial charge < -0.3 is 15.0 Å². The lowest BCUT2D eigenvalue weighted by Crippen LogP contribution is -2.17. The maximum atomic E-state index is 6.09. The van der Waals surface area contributed by atoms with Gasteiger partial charge in [-0.1, -0.05) is 20.8 Å². The molecule has 0 saturated heterocycles. The van der Waals surface area contributed by atoms with Crippen LogP contribution in [0.25, 0.3) is 11.3 Å². The molecule has 0 spiro atoms. The van der Waals surface area contributed by atoms with E-state index in [9.17, 15) is 0 Å². The minimum Gasteiger partial charge on any atom is -0.472 e. The lowest BCUT2D eigenvalue weighted by Gasteiger charge is -2.19. The highest BCUT2D eigenvalue weighted by Gasteiger charge is 2.19. The standard InChI is InChI=1S/C20H31N5O/c1-8-14(9-2)26-20-19(21-5)24-18(16(10-3)23-20)15-11-12-17(25(6)7)22-13(15)4/h11-12,14H,8-10H2,1-7H3,(H,21,24). The number of nitrogens with zero attached hydrogens (tertiary/aromatic N) is 4. The van der Waals surface area contributed by atoms with Gasteiger partial charge in [-0.3, -0.25) is 0 Å². The average molecular weight is 358 g/mol. The number of ether oxygens (including phenoxy) is 1. The fourth-order valence-corrected chi connectivity index (χ4v) is 2.82. The summed E-state index contributed by atoms with van der Waals surface area (Å²) in [4.78, 5) is 16.3. The molecule has 26 heavy (non-hydrogen) atoms. The van der Waals surface area contributed by atoms with E-state index < -0.39 is 0 Å². The molecule has 6 nitrogen and oxygen atoms in total. The highest BCUT2D eigenvalue weighted by molar-refractivity contribution is 5.68. The van der Waals surface area contributed by atoms with Crippen molar-refractivity contribution in [3.05, 3.63) is 23.5 Å². The van der Waals surface area contributed by atoms with Gasteiger partial charge in [0.15, 0.2) is 5.82 Å². The second-order valence-electron chi connectivity index (χ2n) is 6.53. The number of aromatic nitrogens is 3. The maximum Gasteiger partial charge on any atom is 0.257 e. The van der Waals surface area contributed by atoms with Crippen LogP contribution in [0.4, 0.5) is 11.6 Å². The topological polar surface area (TPSA) is 63.2 Å². The van der Waals surface area contributed by atoms with Gasteiger partial charge in [0, 0.05) is 32.4 Å². The van der Waals surface area contributed by atoms with Gasteiger partial charge in [-0.15, -0.1) is 0 Å². The van der Waals surface area contributed by atoms with Gasteiger partial charge in [-0.25, -0.2) is 15.0 Å². The Labute approximate surface area is 157 Å².